The molecule has 1 aliphatic heterocycles. The Labute approximate surface area is 175 Å². The first-order valence-electron chi connectivity index (χ1n) is 9.75. The minimum Gasteiger partial charge on any atom is -0.339 e. The lowest BCUT2D eigenvalue weighted by Crippen LogP contribution is -2.35. The van der Waals surface area contributed by atoms with Crippen LogP contribution in [0.5, 0.6) is 0 Å². The van der Waals surface area contributed by atoms with Crippen LogP contribution in [0.1, 0.15) is 35.4 Å². The van der Waals surface area contributed by atoms with E-state index in [2.05, 4.69) is 10.7 Å². The summed E-state index contributed by atoms with van der Waals surface area (Å²) >= 11 is 6.14. The second-order valence-electron chi connectivity index (χ2n) is 6.77. The molecule has 1 aliphatic rings. The van der Waals surface area contributed by atoms with E-state index in [1.54, 1.807) is 6.07 Å². The van der Waals surface area contributed by atoms with Crippen molar-refractivity contribution >= 4 is 34.8 Å². The van der Waals surface area contributed by atoms with E-state index >= 15 is 0 Å². The van der Waals surface area contributed by atoms with Crippen molar-refractivity contribution in [3.63, 3.8) is 0 Å². The maximum atomic E-state index is 12.8. The van der Waals surface area contributed by atoms with Gasteiger partial charge in [0.2, 0.25) is 0 Å². The number of piperidine rings is 1. The SMILES string of the molecule is CN.O=CCc1nc2cc(C(=O)N3CCCCC3)ccc2n1-c1cccc(Cl)c1. The quantitative estimate of drug-likeness (QED) is 0.663. The summed E-state index contributed by atoms with van der Waals surface area (Å²) in [6.07, 6.45) is 4.32. The lowest BCUT2D eigenvalue weighted by Gasteiger charge is -2.26. The van der Waals surface area contributed by atoms with Gasteiger partial charge in [-0.25, -0.2) is 4.98 Å². The number of carbonyl (C=O) groups excluding carboxylic acids is 2. The number of aromatic nitrogens is 2. The first kappa shape index (κ1) is 21.0. The summed E-state index contributed by atoms with van der Waals surface area (Å²) in [4.78, 5) is 30.5. The van der Waals surface area contributed by atoms with Crippen molar-refractivity contribution in [3.05, 3.63) is 58.9 Å². The second kappa shape index (κ2) is 9.67. The predicted molar refractivity (Wildman–Crippen MR) is 116 cm³/mol. The van der Waals surface area contributed by atoms with Crippen LogP contribution in [0, 0.1) is 0 Å². The fraction of sp³-hybridized carbons (Fsp3) is 0.318. The van der Waals surface area contributed by atoms with Gasteiger partial charge in [-0.1, -0.05) is 17.7 Å². The van der Waals surface area contributed by atoms with Crippen molar-refractivity contribution in [1.29, 1.82) is 0 Å². The smallest absolute Gasteiger partial charge is 0.253 e. The maximum Gasteiger partial charge on any atom is 0.253 e. The van der Waals surface area contributed by atoms with Crippen LogP contribution >= 0.6 is 11.6 Å². The minimum absolute atomic E-state index is 0.0471. The third kappa shape index (κ3) is 4.49. The molecule has 2 aromatic carbocycles. The number of halogens is 1. The highest BCUT2D eigenvalue weighted by Gasteiger charge is 2.20. The largest absolute Gasteiger partial charge is 0.339 e. The number of fused-ring (bicyclic) bond motifs is 1. The van der Waals surface area contributed by atoms with Crippen molar-refractivity contribution in [1.82, 2.24) is 14.5 Å². The molecule has 1 amide bonds. The Bertz CT molecular complexity index is 1010. The normalized spacial score (nSPS) is 13.7. The number of imidazole rings is 1. The molecule has 3 aromatic rings. The third-order valence-electron chi connectivity index (χ3n) is 4.95. The van der Waals surface area contributed by atoms with Gasteiger partial charge in [-0.2, -0.15) is 0 Å². The molecule has 2 N–H and O–H groups in total. The van der Waals surface area contributed by atoms with Crippen molar-refractivity contribution in [2.45, 2.75) is 25.7 Å². The zero-order valence-electron chi connectivity index (χ0n) is 16.5. The number of nitrogens with two attached hydrogens (primary N) is 1. The second-order valence-corrected chi connectivity index (χ2v) is 7.21. The summed E-state index contributed by atoms with van der Waals surface area (Å²) in [5.74, 6) is 0.677. The van der Waals surface area contributed by atoms with Crippen molar-refractivity contribution in [3.8, 4) is 5.69 Å². The number of hydrogen-bond donors (Lipinski definition) is 1. The van der Waals surface area contributed by atoms with Gasteiger partial charge in [-0.3, -0.25) is 9.36 Å². The topological polar surface area (TPSA) is 81.2 Å². The Morgan fingerprint density at radius 1 is 1.14 bits per heavy atom. The van der Waals surface area contributed by atoms with Gasteiger partial charge >= 0.3 is 0 Å². The number of benzene rings is 2. The number of nitrogens with zero attached hydrogens (tertiary/aromatic N) is 3. The third-order valence-corrected chi connectivity index (χ3v) is 5.18. The molecule has 0 spiro atoms. The summed E-state index contributed by atoms with van der Waals surface area (Å²) in [6.45, 7) is 1.62. The van der Waals surface area contributed by atoms with Gasteiger partial charge in [-0.15, -0.1) is 0 Å². The molecule has 0 saturated carbocycles. The van der Waals surface area contributed by atoms with Crippen LogP contribution in [-0.2, 0) is 11.2 Å². The summed E-state index contributed by atoms with van der Waals surface area (Å²) in [6, 6.07) is 13.0. The van der Waals surface area contributed by atoms with Crippen LogP contribution in [0.25, 0.3) is 16.7 Å². The molecule has 1 saturated heterocycles. The molecule has 4 rings (SSSR count). The Hall–Kier alpha value is -2.70. The number of likely N-dealkylation sites (tertiary alicyclic amines) is 1. The van der Waals surface area contributed by atoms with Crippen molar-refractivity contribution < 1.29 is 9.59 Å². The molecule has 0 bridgehead atoms. The first-order chi connectivity index (χ1) is 14.2. The Kier molecular flexibility index (Phi) is 7.01. The monoisotopic (exact) mass is 412 g/mol. The zero-order chi connectivity index (χ0) is 20.8. The fourth-order valence-corrected chi connectivity index (χ4v) is 3.84. The molecule has 152 valence electrons. The van der Waals surface area contributed by atoms with Gasteiger partial charge in [0.15, 0.2) is 0 Å². The van der Waals surface area contributed by atoms with Gasteiger partial charge in [0.1, 0.15) is 12.1 Å². The van der Waals surface area contributed by atoms with E-state index in [1.165, 1.54) is 13.5 Å². The molecule has 1 fully saturated rings. The van der Waals surface area contributed by atoms with E-state index < -0.39 is 0 Å². The molecule has 0 aliphatic carbocycles. The summed E-state index contributed by atoms with van der Waals surface area (Å²) in [5, 5.41) is 0.614. The molecular formula is C22H25ClN4O2. The van der Waals surface area contributed by atoms with E-state index in [4.69, 9.17) is 11.6 Å². The molecule has 29 heavy (non-hydrogen) atoms. The highest BCUT2D eigenvalue weighted by atomic mass is 35.5. The first-order valence-corrected chi connectivity index (χ1v) is 10.1. The Morgan fingerprint density at radius 3 is 2.59 bits per heavy atom. The maximum absolute atomic E-state index is 12.8. The van der Waals surface area contributed by atoms with Crippen LogP contribution < -0.4 is 5.73 Å². The highest BCUT2D eigenvalue weighted by Crippen LogP contribution is 2.25. The van der Waals surface area contributed by atoms with Gasteiger partial charge < -0.3 is 15.4 Å². The van der Waals surface area contributed by atoms with Crippen LogP contribution in [-0.4, -0.2) is 46.8 Å². The Morgan fingerprint density at radius 2 is 1.90 bits per heavy atom. The number of rotatable bonds is 4. The van der Waals surface area contributed by atoms with Gasteiger partial charge in [-0.05, 0) is 62.7 Å². The van der Waals surface area contributed by atoms with E-state index in [-0.39, 0.29) is 12.3 Å². The molecule has 6 nitrogen and oxygen atoms in total. The van der Waals surface area contributed by atoms with E-state index in [1.807, 2.05) is 45.9 Å². The number of hydrogen-bond acceptors (Lipinski definition) is 4. The molecular weight excluding hydrogens is 388 g/mol. The lowest BCUT2D eigenvalue weighted by atomic mass is 10.1. The van der Waals surface area contributed by atoms with Crippen LogP contribution in [0.15, 0.2) is 42.5 Å². The van der Waals surface area contributed by atoms with Crippen molar-refractivity contribution in [2.75, 3.05) is 20.1 Å². The molecule has 7 heteroatoms. The van der Waals surface area contributed by atoms with Crippen LogP contribution in [0.2, 0.25) is 5.02 Å². The zero-order valence-corrected chi connectivity index (χ0v) is 17.2. The lowest BCUT2D eigenvalue weighted by molar-refractivity contribution is -0.107. The van der Waals surface area contributed by atoms with Gasteiger partial charge in [0, 0.05) is 29.4 Å². The number of carbonyl (C=O) groups is 2. The summed E-state index contributed by atoms with van der Waals surface area (Å²) in [7, 11) is 1.50. The van der Waals surface area contributed by atoms with Gasteiger partial charge in [0.05, 0.1) is 17.5 Å². The van der Waals surface area contributed by atoms with E-state index in [0.717, 1.165) is 43.4 Å². The molecule has 0 radical (unpaired) electrons. The van der Waals surface area contributed by atoms with E-state index in [0.29, 0.717) is 21.9 Å². The summed E-state index contributed by atoms with van der Waals surface area (Å²) in [5.41, 5.74) is 7.54. The average Bonchev–Trinajstić information content (AvgIpc) is 3.12. The average molecular weight is 413 g/mol. The van der Waals surface area contributed by atoms with Crippen LogP contribution in [0.3, 0.4) is 0 Å². The summed E-state index contributed by atoms with van der Waals surface area (Å²) < 4.78 is 1.92. The minimum atomic E-state index is 0.0471. The molecule has 0 atom stereocenters. The van der Waals surface area contributed by atoms with E-state index in [9.17, 15) is 9.59 Å². The Balaban J connectivity index is 0.00000117. The standard InChI is InChI=1S/C21H20ClN3O2.CH5N/c22-16-5-4-6-17(14-16)25-19-8-7-15(13-18(19)23-20(25)9-12-26)21(27)24-10-2-1-3-11-24;1-2/h4-8,12-14H,1-3,9-11H2;2H2,1H3. The molecule has 1 aromatic heterocycles. The molecule has 2 heterocycles. The van der Waals surface area contributed by atoms with Crippen LogP contribution in [0.4, 0.5) is 0 Å². The molecule has 0 unspecified atom stereocenters. The van der Waals surface area contributed by atoms with Gasteiger partial charge in [0.25, 0.3) is 5.91 Å². The predicted octanol–water partition coefficient (Wildman–Crippen LogP) is 3.62. The highest BCUT2D eigenvalue weighted by molar-refractivity contribution is 6.30. The number of amides is 1. The van der Waals surface area contributed by atoms with Crippen molar-refractivity contribution in [2.24, 2.45) is 5.73 Å². The number of aldehydes is 1. The fourth-order valence-electron chi connectivity index (χ4n) is 3.66.